The van der Waals surface area contributed by atoms with Crippen LogP contribution in [0.5, 0.6) is 0 Å². The van der Waals surface area contributed by atoms with Crippen LogP contribution in [-0.2, 0) is 14.3 Å². The van der Waals surface area contributed by atoms with E-state index in [0.29, 0.717) is 6.54 Å². The van der Waals surface area contributed by atoms with E-state index in [-0.39, 0.29) is 43.0 Å². The number of benzene rings is 1. The number of rotatable bonds is 6. The Hall–Kier alpha value is -1.92. The molecule has 6 nitrogen and oxygen atoms in total. The van der Waals surface area contributed by atoms with E-state index in [0.717, 1.165) is 5.56 Å². The molecule has 2 rings (SSSR count). The molecule has 0 aromatic heterocycles. The molecule has 120 valence electrons. The molecule has 0 radical (unpaired) electrons. The monoisotopic (exact) mass is 306 g/mol. The van der Waals surface area contributed by atoms with Crippen LogP contribution in [0.2, 0.25) is 0 Å². The van der Waals surface area contributed by atoms with E-state index >= 15 is 0 Å². The molecule has 2 amide bonds. The summed E-state index contributed by atoms with van der Waals surface area (Å²) in [5, 5.41) is 12.4. The van der Waals surface area contributed by atoms with Gasteiger partial charge < -0.3 is 20.1 Å². The van der Waals surface area contributed by atoms with Gasteiger partial charge in [-0.05, 0) is 5.56 Å². The Morgan fingerprint density at radius 1 is 1.27 bits per heavy atom. The molecule has 1 aromatic rings. The fraction of sp³-hybridized carbons (Fsp3) is 0.500. The van der Waals surface area contributed by atoms with E-state index in [9.17, 15) is 14.7 Å². The van der Waals surface area contributed by atoms with Crippen molar-refractivity contribution < 1.29 is 19.4 Å². The molecule has 0 unspecified atom stereocenters. The van der Waals surface area contributed by atoms with Crippen molar-refractivity contribution in [2.45, 2.75) is 24.9 Å². The standard InChI is InChI=1S/C16H22N2O4/c1-11(20)18-13(8-17-15(21)10-22-2)16(14(18)9-19)12-6-4-3-5-7-12/h3-7,13-14,16,19H,8-10H2,1-2H3,(H,17,21)/t13-,14-,16+/m0/s1. The van der Waals surface area contributed by atoms with Crippen LogP contribution < -0.4 is 5.32 Å². The Kier molecular flexibility index (Phi) is 5.51. The zero-order valence-corrected chi connectivity index (χ0v) is 12.9. The van der Waals surface area contributed by atoms with Crippen molar-refractivity contribution in [2.24, 2.45) is 0 Å². The lowest BCUT2D eigenvalue weighted by Gasteiger charge is -2.54. The number of carbonyl (C=O) groups is 2. The van der Waals surface area contributed by atoms with Crippen molar-refractivity contribution in [1.82, 2.24) is 10.2 Å². The van der Waals surface area contributed by atoms with Gasteiger partial charge in [0.2, 0.25) is 11.8 Å². The summed E-state index contributed by atoms with van der Waals surface area (Å²) in [6, 6.07) is 9.35. The van der Waals surface area contributed by atoms with Crippen molar-refractivity contribution in [3.05, 3.63) is 35.9 Å². The number of ether oxygens (including phenoxy) is 1. The van der Waals surface area contributed by atoms with E-state index < -0.39 is 0 Å². The number of aliphatic hydroxyl groups is 1. The molecule has 1 aliphatic heterocycles. The number of carbonyl (C=O) groups excluding carboxylic acids is 2. The number of nitrogens with one attached hydrogen (secondary N) is 1. The van der Waals surface area contributed by atoms with E-state index in [4.69, 9.17) is 4.74 Å². The maximum absolute atomic E-state index is 11.8. The Bertz CT molecular complexity index is 520. The summed E-state index contributed by atoms with van der Waals surface area (Å²) >= 11 is 0. The maximum Gasteiger partial charge on any atom is 0.246 e. The summed E-state index contributed by atoms with van der Waals surface area (Å²) in [6.45, 7) is 1.72. The Morgan fingerprint density at radius 2 is 1.95 bits per heavy atom. The van der Waals surface area contributed by atoms with Gasteiger partial charge in [-0.3, -0.25) is 9.59 Å². The van der Waals surface area contributed by atoms with Crippen molar-refractivity contribution in [3.63, 3.8) is 0 Å². The lowest BCUT2D eigenvalue weighted by molar-refractivity contribution is -0.148. The van der Waals surface area contributed by atoms with Gasteiger partial charge in [0.1, 0.15) is 6.61 Å². The zero-order valence-electron chi connectivity index (χ0n) is 12.9. The van der Waals surface area contributed by atoms with Gasteiger partial charge in [0, 0.05) is 26.5 Å². The molecule has 1 aliphatic rings. The molecule has 0 spiro atoms. The van der Waals surface area contributed by atoms with Gasteiger partial charge in [-0.15, -0.1) is 0 Å². The van der Waals surface area contributed by atoms with Gasteiger partial charge in [0.05, 0.1) is 18.7 Å². The highest BCUT2D eigenvalue weighted by Gasteiger charge is 2.49. The van der Waals surface area contributed by atoms with Crippen LogP contribution in [0, 0.1) is 0 Å². The second-order valence-corrected chi connectivity index (χ2v) is 5.42. The molecule has 2 N–H and O–H groups in total. The molecule has 6 heteroatoms. The Morgan fingerprint density at radius 3 is 2.50 bits per heavy atom. The number of amides is 2. The summed E-state index contributed by atoms with van der Waals surface area (Å²) in [4.78, 5) is 25.0. The van der Waals surface area contributed by atoms with Gasteiger partial charge >= 0.3 is 0 Å². The number of nitrogens with zero attached hydrogens (tertiary/aromatic N) is 1. The van der Waals surface area contributed by atoms with Crippen molar-refractivity contribution in [3.8, 4) is 0 Å². The van der Waals surface area contributed by atoms with Gasteiger partial charge in [0.15, 0.2) is 0 Å². The average molecular weight is 306 g/mol. The molecule has 0 bridgehead atoms. The minimum Gasteiger partial charge on any atom is -0.394 e. The summed E-state index contributed by atoms with van der Waals surface area (Å²) in [5.41, 5.74) is 1.06. The highest BCUT2D eigenvalue weighted by molar-refractivity contribution is 5.78. The summed E-state index contributed by atoms with van der Waals surface area (Å²) < 4.78 is 4.78. The van der Waals surface area contributed by atoms with Crippen LogP contribution in [-0.4, -0.2) is 60.8 Å². The lowest BCUT2D eigenvalue weighted by Crippen LogP contribution is -2.68. The smallest absolute Gasteiger partial charge is 0.246 e. The number of hydrogen-bond acceptors (Lipinski definition) is 4. The van der Waals surface area contributed by atoms with E-state index in [1.165, 1.54) is 14.0 Å². The lowest BCUT2D eigenvalue weighted by atomic mass is 9.75. The minimum absolute atomic E-state index is 0.00771. The Labute approximate surface area is 130 Å². The highest BCUT2D eigenvalue weighted by atomic mass is 16.5. The second kappa shape index (κ2) is 7.38. The summed E-state index contributed by atoms with van der Waals surface area (Å²) in [5.74, 6) is -0.305. The number of hydrogen-bond donors (Lipinski definition) is 2. The minimum atomic E-state index is -0.246. The maximum atomic E-state index is 11.8. The fourth-order valence-corrected chi connectivity index (χ4v) is 3.16. The third-order valence-electron chi connectivity index (χ3n) is 4.06. The molecular formula is C16H22N2O4. The first-order valence-electron chi connectivity index (χ1n) is 7.30. The largest absolute Gasteiger partial charge is 0.394 e. The van der Waals surface area contributed by atoms with Crippen LogP contribution >= 0.6 is 0 Å². The van der Waals surface area contributed by atoms with Gasteiger partial charge in [-0.25, -0.2) is 0 Å². The molecule has 1 fully saturated rings. The van der Waals surface area contributed by atoms with Crippen LogP contribution in [0.15, 0.2) is 30.3 Å². The first kappa shape index (κ1) is 16.5. The predicted molar refractivity (Wildman–Crippen MR) is 81.3 cm³/mol. The molecule has 1 aromatic carbocycles. The summed E-state index contributed by atoms with van der Waals surface area (Å²) in [6.07, 6.45) is 0. The number of aliphatic hydroxyl groups excluding tert-OH is 1. The molecule has 0 aliphatic carbocycles. The van der Waals surface area contributed by atoms with E-state index in [1.807, 2.05) is 30.3 Å². The second-order valence-electron chi connectivity index (χ2n) is 5.42. The highest BCUT2D eigenvalue weighted by Crippen LogP contribution is 2.40. The third-order valence-corrected chi connectivity index (χ3v) is 4.06. The Balaban J connectivity index is 2.14. The number of methoxy groups -OCH3 is 1. The van der Waals surface area contributed by atoms with Crippen LogP contribution in [0.25, 0.3) is 0 Å². The summed E-state index contributed by atoms with van der Waals surface area (Å²) in [7, 11) is 1.46. The third kappa shape index (κ3) is 3.28. The fourth-order valence-electron chi connectivity index (χ4n) is 3.16. The SMILES string of the molecule is COCC(=O)NC[C@H]1[C@@H](c2ccccc2)[C@H](CO)N1C(C)=O. The molecule has 3 atom stereocenters. The first-order valence-corrected chi connectivity index (χ1v) is 7.30. The molecule has 0 saturated carbocycles. The van der Waals surface area contributed by atoms with Crippen LogP contribution in [0.4, 0.5) is 0 Å². The van der Waals surface area contributed by atoms with Gasteiger partial charge in [-0.2, -0.15) is 0 Å². The average Bonchev–Trinajstić information content (AvgIpc) is 2.47. The zero-order chi connectivity index (χ0) is 16.1. The topological polar surface area (TPSA) is 78.9 Å². The molecular weight excluding hydrogens is 284 g/mol. The van der Waals surface area contributed by atoms with E-state index in [2.05, 4.69) is 5.32 Å². The van der Waals surface area contributed by atoms with Crippen molar-refractivity contribution >= 4 is 11.8 Å². The normalized spacial score (nSPS) is 23.8. The van der Waals surface area contributed by atoms with Gasteiger partial charge in [0.25, 0.3) is 0 Å². The van der Waals surface area contributed by atoms with Crippen molar-refractivity contribution in [1.29, 1.82) is 0 Å². The van der Waals surface area contributed by atoms with Crippen LogP contribution in [0.3, 0.4) is 0 Å². The predicted octanol–water partition coefficient (Wildman–Crippen LogP) is 0.124. The van der Waals surface area contributed by atoms with Crippen LogP contribution in [0.1, 0.15) is 18.4 Å². The quantitative estimate of drug-likeness (QED) is 0.783. The molecule has 1 heterocycles. The number of likely N-dealkylation sites (tertiary alicyclic amines) is 1. The first-order chi connectivity index (χ1) is 10.6. The molecule has 22 heavy (non-hydrogen) atoms. The van der Waals surface area contributed by atoms with E-state index in [1.54, 1.807) is 4.90 Å². The molecule has 1 saturated heterocycles. The van der Waals surface area contributed by atoms with Gasteiger partial charge in [-0.1, -0.05) is 30.3 Å². The van der Waals surface area contributed by atoms with Crippen molar-refractivity contribution in [2.75, 3.05) is 26.9 Å².